The maximum atomic E-state index is 12.2. The molecule has 5 heteroatoms. The van der Waals surface area contributed by atoms with E-state index < -0.39 is 0 Å². The molecule has 1 N–H and O–H groups in total. The van der Waals surface area contributed by atoms with Crippen molar-refractivity contribution in [2.45, 2.75) is 6.54 Å². The molecule has 0 atom stereocenters. The van der Waals surface area contributed by atoms with E-state index >= 15 is 0 Å². The van der Waals surface area contributed by atoms with Gasteiger partial charge in [0.2, 0.25) is 0 Å². The lowest BCUT2D eigenvalue weighted by Gasteiger charge is -2.08. The number of methoxy groups -OCH3 is 1. The minimum Gasteiger partial charge on any atom is -0.493 e. The Hall–Kier alpha value is -2.85. The summed E-state index contributed by atoms with van der Waals surface area (Å²) >= 11 is 5.87. The van der Waals surface area contributed by atoms with E-state index in [9.17, 15) is 4.79 Å². The van der Waals surface area contributed by atoms with Crippen LogP contribution in [0.1, 0.15) is 15.9 Å². The van der Waals surface area contributed by atoms with Gasteiger partial charge in [-0.05, 0) is 22.8 Å². The summed E-state index contributed by atoms with van der Waals surface area (Å²) in [6, 6.07) is 19.8. The lowest BCUT2D eigenvalue weighted by atomic mass is 10.0. The Morgan fingerprint density at radius 2 is 1.76 bits per heavy atom. The second-order valence-electron chi connectivity index (χ2n) is 5.46. The number of halogens is 1. The predicted octanol–water partition coefficient (Wildman–Crippen LogP) is 4.34. The fourth-order valence-electron chi connectivity index (χ4n) is 2.43. The van der Waals surface area contributed by atoms with Gasteiger partial charge in [0.25, 0.3) is 5.91 Å². The highest BCUT2D eigenvalue weighted by atomic mass is 35.5. The number of carbonyl (C=O) groups is 1. The zero-order valence-corrected chi connectivity index (χ0v) is 14.5. The van der Waals surface area contributed by atoms with Crippen molar-refractivity contribution in [1.29, 1.82) is 0 Å². The van der Waals surface area contributed by atoms with Crippen molar-refractivity contribution in [3.8, 4) is 16.9 Å². The van der Waals surface area contributed by atoms with Crippen molar-refractivity contribution < 1.29 is 9.53 Å². The summed E-state index contributed by atoms with van der Waals surface area (Å²) in [7, 11) is 1.48. The molecule has 1 aromatic heterocycles. The number of hydrogen-bond acceptors (Lipinski definition) is 3. The average molecular weight is 353 g/mol. The minimum atomic E-state index is -0.227. The van der Waals surface area contributed by atoms with Gasteiger partial charge in [-0.2, -0.15) is 0 Å². The Morgan fingerprint density at radius 1 is 1.08 bits per heavy atom. The molecule has 0 aliphatic rings. The Labute approximate surface area is 151 Å². The molecule has 0 radical (unpaired) electrons. The van der Waals surface area contributed by atoms with E-state index in [4.69, 9.17) is 16.3 Å². The summed E-state index contributed by atoms with van der Waals surface area (Å²) in [5.41, 5.74) is 3.73. The normalized spacial score (nSPS) is 10.3. The van der Waals surface area contributed by atoms with Crippen LogP contribution in [0.25, 0.3) is 11.1 Å². The number of nitrogens with zero attached hydrogens (tertiary/aromatic N) is 1. The van der Waals surface area contributed by atoms with Crippen LogP contribution in [0, 0.1) is 0 Å². The zero-order valence-electron chi connectivity index (χ0n) is 13.7. The number of rotatable bonds is 5. The molecule has 3 rings (SSSR count). The van der Waals surface area contributed by atoms with Gasteiger partial charge < -0.3 is 10.1 Å². The van der Waals surface area contributed by atoms with Crippen LogP contribution in [-0.2, 0) is 6.54 Å². The number of aromatic nitrogens is 1. The summed E-state index contributed by atoms with van der Waals surface area (Å²) in [6.45, 7) is 0.429. The third-order valence-corrected chi connectivity index (χ3v) is 4.09. The van der Waals surface area contributed by atoms with E-state index in [0.29, 0.717) is 17.9 Å². The van der Waals surface area contributed by atoms with Crippen LogP contribution in [0.5, 0.6) is 5.75 Å². The highest BCUT2D eigenvalue weighted by Crippen LogP contribution is 2.22. The summed E-state index contributed by atoms with van der Waals surface area (Å²) in [4.78, 5) is 16.2. The lowest BCUT2D eigenvalue weighted by molar-refractivity contribution is 0.0950. The topological polar surface area (TPSA) is 51.2 Å². The van der Waals surface area contributed by atoms with Crippen molar-refractivity contribution in [2.24, 2.45) is 0 Å². The summed E-state index contributed by atoms with van der Waals surface area (Å²) in [5, 5.41) is 3.10. The molecule has 0 saturated carbocycles. The van der Waals surface area contributed by atoms with E-state index in [1.54, 1.807) is 6.07 Å². The molecule has 0 aliphatic heterocycles. The molecule has 0 fully saturated rings. The molecule has 126 valence electrons. The van der Waals surface area contributed by atoms with Gasteiger partial charge in [0, 0.05) is 12.7 Å². The van der Waals surface area contributed by atoms with E-state index in [1.807, 2.05) is 42.5 Å². The Morgan fingerprint density at radius 3 is 2.44 bits per heavy atom. The fourth-order valence-corrected chi connectivity index (χ4v) is 2.61. The minimum absolute atomic E-state index is 0.227. The Kier molecular flexibility index (Phi) is 5.31. The number of ether oxygens (including phenoxy) is 1. The molecule has 0 bridgehead atoms. The van der Waals surface area contributed by atoms with Crippen LogP contribution in [0.4, 0.5) is 0 Å². The maximum absolute atomic E-state index is 12.2. The summed E-state index contributed by atoms with van der Waals surface area (Å²) in [6.07, 6.45) is 1.43. The molecule has 0 saturated heterocycles. The number of benzene rings is 2. The van der Waals surface area contributed by atoms with Crippen LogP contribution >= 0.6 is 11.6 Å². The third kappa shape index (κ3) is 4.17. The van der Waals surface area contributed by atoms with E-state index in [1.165, 1.54) is 13.3 Å². The SMILES string of the molecule is COc1cc(C(=O)NCc2ccc(-c3ccccc3)cc2)cnc1Cl. The van der Waals surface area contributed by atoms with E-state index in [0.717, 1.165) is 16.7 Å². The molecule has 3 aromatic rings. The van der Waals surface area contributed by atoms with Crippen molar-refractivity contribution in [2.75, 3.05) is 7.11 Å². The molecule has 4 nitrogen and oxygen atoms in total. The first-order valence-corrected chi connectivity index (χ1v) is 8.17. The monoisotopic (exact) mass is 352 g/mol. The third-order valence-electron chi connectivity index (χ3n) is 3.80. The van der Waals surface area contributed by atoms with Gasteiger partial charge in [-0.1, -0.05) is 66.2 Å². The molecule has 0 spiro atoms. The Bertz CT molecular complexity index is 865. The quantitative estimate of drug-likeness (QED) is 0.695. The van der Waals surface area contributed by atoms with E-state index in [2.05, 4.69) is 22.4 Å². The summed E-state index contributed by atoms with van der Waals surface area (Å²) in [5.74, 6) is 0.149. The van der Waals surface area contributed by atoms with Crippen LogP contribution in [-0.4, -0.2) is 18.0 Å². The zero-order chi connectivity index (χ0) is 17.6. The molecular weight excluding hydrogens is 336 g/mol. The maximum Gasteiger partial charge on any atom is 0.253 e. The number of nitrogens with one attached hydrogen (secondary N) is 1. The van der Waals surface area contributed by atoms with Gasteiger partial charge in [0.1, 0.15) is 0 Å². The largest absolute Gasteiger partial charge is 0.493 e. The standard InChI is InChI=1S/C20H17ClN2O2/c1-25-18-11-17(13-22-19(18)21)20(24)23-12-14-7-9-16(10-8-14)15-5-3-2-4-6-15/h2-11,13H,12H2,1H3,(H,23,24). The van der Waals surface area contributed by atoms with E-state index in [-0.39, 0.29) is 11.1 Å². The predicted molar refractivity (Wildman–Crippen MR) is 98.8 cm³/mol. The van der Waals surface area contributed by atoms with Gasteiger partial charge in [-0.15, -0.1) is 0 Å². The molecule has 25 heavy (non-hydrogen) atoms. The second-order valence-corrected chi connectivity index (χ2v) is 5.82. The number of pyridine rings is 1. The lowest BCUT2D eigenvalue weighted by Crippen LogP contribution is -2.23. The molecule has 1 amide bonds. The molecule has 1 heterocycles. The van der Waals surface area contributed by atoms with Crippen LogP contribution < -0.4 is 10.1 Å². The molecule has 0 unspecified atom stereocenters. The first-order valence-electron chi connectivity index (χ1n) is 7.79. The highest BCUT2D eigenvalue weighted by Gasteiger charge is 2.10. The fraction of sp³-hybridized carbons (Fsp3) is 0.100. The smallest absolute Gasteiger partial charge is 0.253 e. The highest BCUT2D eigenvalue weighted by molar-refractivity contribution is 6.30. The molecule has 0 aliphatic carbocycles. The number of amides is 1. The van der Waals surface area contributed by atoms with Gasteiger partial charge in [-0.3, -0.25) is 4.79 Å². The van der Waals surface area contributed by atoms with Gasteiger partial charge in [0.05, 0.1) is 12.7 Å². The van der Waals surface area contributed by atoms with Gasteiger partial charge >= 0.3 is 0 Å². The van der Waals surface area contributed by atoms with Crippen molar-refractivity contribution in [3.05, 3.63) is 83.1 Å². The van der Waals surface area contributed by atoms with Crippen molar-refractivity contribution >= 4 is 17.5 Å². The first-order chi connectivity index (χ1) is 12.2. The van der Waals surface area contributed by atoms with Crippen molar-refractivity contribution in [3.63, 3.8) is 0 Å². The number of carbonyl (C=O) groups excluding carboxylic acids is 1. The number of hydrogen-bond donors (Lipinski definition) is 1. The average Bonchev–Trinajstić information content (AvgIpc) is 2.67. The molecular formula is C20H17ClN2O2. The molecule has 2 aromatic carbocycles. The van der Waals surface area contributed by atoms with Crippen molar-refractivity contribution in [1.82, 2.24) is 10.3 Å². The second kappa shape index (κ2) is 7.81. The Balaban J connectivity index is 1.64. The van der Waals surface area contributed by atoms with Crippen LogP contribution in [0.2, 0.25) is 5.15 Å². The van der Waals surface area contributed by atoms with Crippen LogP contribution in [0.15, 0.2) is 66.9 Å². The van der Waals surface area contributed by atoms with Crippen LogP contribution in [0.3, 0.4) is 0 Å². The van der Waals surface area contributed by atoms with Gasteiger partial charge in [0.15, 0.2) is 10.9 Å². The first kappa shape index (κ1) is 17.0. The summed E-state index contributed by atoms with van der Waals surface area (Å²) < 4.78 is 5.08. The van der Waals surface area contributed by atoms with Gasteiger partial charge in [-0.25, -0.2) is 4.98 Å².